The Hall–Kier alpha value is -1.88. The third kappa shape index (κ3) is 2.56. The molecule has 1 saturated heterocycles. The van der Waals surface area contributed by atoms with Crippen molar-refractivity contribution in [3.63, 3.8) is 0 Å². The average molecular weight is 353 g/mol. The first-order valence-electron chi connectivity index (χ1n) is 9.74. The van der Waals surface area contributed by atoms with E-state index < -0.39 is 5.60 Å². The third-order valence-corrected chi connectivity index (χ3v) is 6.85. The number of nitrogens with zero attached hydrogens (tertiary/aromatic N) is 3. The van der Waals surface area contributed by atoms with Crippen LogP contribution in [0.4, 0.5) is 0 Å². The molecule has 0 unspecified atom stereocenters. The summed E-state index contributed by atoms with van der Waals surface area (Å²) in [5.41, 5.74) is 2.20. The molecule has 5 heteroatoms. The summed E-state index contributed by atoms with van der Waals surface area (Å²) < 4.78 is 2.15. The molecule has 5 rings (SSSR count). The molecule has 1 N–H and O–H groups in total. The molecule has 0 bridgehead atoms. The number of aromatic nitrogens is 2. The van der Waals surface area contributed by atoms with E-state index in [0.717, 1.165) is 19.5 Å². The summed E-state index contributed by atoms with van der Waals surface area (Å²) in [6, 6.07) is 4.32. The van der Waals surface area contributed by atoms with E-state index in [9.17, 15) is 9.90 Å². The fraction of sp³-hybridized carbons (Fsp3) is 0.619. The van der Waals surface area contributed by atoms with Gasteiger partial charge in [0.1, 0.15) is 0 Å². The fourth-order valence-electron chi connectivity index (χ4n) is 5.53. The minimum Gasteiger partial charge on any atom is -0.390 e. The molecule has 5 nitrogen and oxygen atoms in total. The van der Waals surface area contributed by atoms with Crippen LogP contribution in [0.2, 0.25) is 0 Å². The van der Waals surface area contributed by atoms with Crippen molar-refractivity contribution in [2.24, 2.45) is 24.3 Å². The highest BCUT2D eigenvalue weighted by Crippen LogP contribution is 2.53. The van der Waals surface area contributed by atoms with Crippen LogP contribution < -0.4 is 0 Å². The number of aliphatic hydroxyl groups is 1. The van der Waals surface area contributed by atoms with E-state index in [1.807, 2.05) is 18.0 Å². The minimum atomic E-state index is -0.614. The van der Waals surface area contributed by atoms with E-state index in [0.29, 0.717) is 24.2 Å². The van der Waals surface area contributed by atoms with Gasteiger partial charge in [0.05, 0.1) is 11.1 Å². The van der Waals surface area contributed by atoms with Crippen LogP contribution in [-0.4, -0.2) is 44.2 Å². The Kier molecular flexibility index (Phi) is 3.34. The van der Waals surface area contributed by atoms with Crippen molar-refractivity contribution in [2.45, 2.75) is 44.6 Å². The molecule has 138 valence electrons. The van der Waals surface area contributed by atoms with E-state index in [4.69, 9.17) is 0 Å². The first-order chi connectivity index (χ1) is 12.3. The normalized spacial score (nSPS) is 30.1. The number of fused-ring (bicyclic) bond motifs is 1. The maximum Gasteiger partial charge on any atom is 0.225 e. The van der Waals surface area contributed by atoms with Crippen LogP contribution >= 0.6 is 0 Å². The van der Waals surface area contributed by atoms with Crippen LogP contribution in [0, 0.1) is 17.3 Å². The number of hydrogen-bond donors (Lipinski definition) is 1. The van der Waals surface area contributed by atoms with Crippen molar-refractivity contribution in [3.8, 4) is 0 Å². The van der Waals surface area contributed by atoms with Gasteiger partial charge in [-0.25, -0.2) is 0 Å². The predicted octanol–water partition coefficient (Wildman–Crippen LogP) is 2.52. The second kappa shape index (κ2) is 5.32. The summed E-state index contributed by atoms with van der Waals surface area (Å²) in [4.78, 5) is 19.1. The molecule has 3 aliphatic rings. The van der Waals surface area contributed by atoms with Gasteiger partial charge in [-0.05, 0) is 57.1 Å². The number of carbonyl (C=O) groups is 1. The molecule has 1 aliphatic heterocycles. The van der Waals surface area contributed by atoms with Crippen LogP contribution in [0.25, 0.3) is 10.9 Å². The zero-order chi connectivity index (χ0) is 18.1. The number of amides is 1. The molecule has 0 radical (unpaired) electrons. The Morgan fingerprint density at radius 3 is 2.73 bits per heavy atom. The second-order valence-electron chi connectivity index (χ2n) is 9.44. The molecule has 0 aromatic carbocycles. The topological polar surface area (TPSA) is 58.4 Å². The van der Waals surface area contributed by atoms with Gasteiger partial charge in [0.2, 0.25) is 5.91 Å². The van der Waals surface area contributed by atoms with Gasteiger partial charge in [0.25, 0.3) is 0 Å². The highest BCUT2D eigenvalue weighted by atomic mass is 16.3. The van der Waals surface area contributed by atoms with Crippen molar-refractivity contribution in [2.75, 3.05) is 13.1 Å². The lowest BCUT2D eigenvalue weighted by Crippen LogP contribution is -2.66. The Morgan fingerprint density at radius 1 is 1.31 bits per heavy atom. The maximum absolute atomic E-state index is 12.4. The molecule has 2 aromatic rings. The van der Waals surface area contributed by atoms with Crippen LogP contribution in [0.15, 0.2) is 24.5 Å². The van der Waals surface area contributed by atoms with Crippen LogP contribution in [0.1, 0.15) is 38.3 Å². The van der Waals surface area contributed by atoms with Gasteiger partial charge in [-0.2, -0.15) is 0 Å². The second-order valence-corrected chi connectivity index (χ2v) is 9.44. The first-order valence-corrected chi connectivity index (χ1v) is 9.74. The van der Waals surface area contributed by atoms with E-state index in [-0.39, 0.29) is 11.8 Å². The van der Waals surface area contributed by atoms with E-state index in [1.165, 1.54) is 29.4 Å². The lowest BCUT2D eigenvalue weighted by molar-refractivity contribution is -0.171. The number of aryl methyl sites for hydroxylation is 1. The molecule has 1 spiro atoms. The molecule has 3 fully saturated rings. The molecular formula is C21H27N3O2. The Morgan fingerprint density at radius 2 is 2.04 bits per heavy atom. The number of pyridine rings is 1. The average Bonchev–Trinajstić information content (AvgIpc) is 2.86. The quantitative estimate of drug-likeness (QED) is 0.922. The SMILES string of the molecule is Cn1ccc2cnc(CC3CC4(C3)CN(C(=O)[C@H]3C[C@@](C)(O)C3)C4)cc21. The first kappa shape index (κ1) is 16.3. The predicted molar refractivity (Wildman–Crippen MR) is 99.5 cm³/mol. The molecule has 2 aromatic heterocycles. The lowest BCUT2D eigenvalue weighted by Gasteiger charge is -2.60. The van der Waals surface area contributed by atoms with Crippen molar-refractivity contribution in [3.05, 3.63) is 30.2 Å². The van der Waals surface area contributed by atoms with Gasteiger partial charge in [0.15, 0.2) is 0 Å². The molecule has 26 heavy (non-hydrogen) atoms. The molecule has 2 aliphatic carbocycles. The van der Waals surface area contributed by atoms with Gasteiger partial charge in [-0.1, -0.05) is 0 Å². The summed E-state index contributed by atoms with van der Waals surface area (Å²) in [7, 11) is 2.08. The molecule has 0 atom stereocenters. The number of rotatable bonds is 3. The van der Waals surface area contributed by atoms with Crippen molar-refractivity contribution < 1.29 is 9.90 Å². The largest absolute Gasteiger partial charge is 0.390 e. The van der Waals surface area contributed by atoms with Gasteiger partial charge in [-0.3, -0.25) is 9.78 Å². The van der Waals surface area contributed by atoms with Gasteiger partial charge >= 0.3 is 0 Å². The van der Waals surface area contributed by atoms with Gasteiger partial charge in [0, 0.05) is 54.9 Å². The van der Waals surface area contributed by atoms with Gasteiger partial charge < -0.3 is 14.6 Å². The highest BCUT2D eigenvalue weighted by Gasteiger charge is 2.55. The lowest BCUT2D eigenvalue weighted by atomic mass is 9.56. The Balaban J connectivity index is 1.13. The summed E-state index contributed by atoms with van der Waals surface area (Å²) in [5.74, 6) is 1.02. The number of likely N-dealkylation sites (tertiary alicyclic amines) is 1. The standard InChI is InChI=1S/C21H27N3O2/c1-20(26)9-16(10-20)19(25)24-12-21(13-24)7-14(8-21)5-17-6-18-15(11-22-17)3-4-23(18)2/h3-4,6,11,14,16,26H,5,7-10,12-13H2,1-2H3/t16-,20+. The zero-order valence-corrected chi connectivity index (χ0v) is 15.6. The highest BCUT2D eigenvalue weighted by molar-refractivity contribution is 5.81. The van der Waals surface area contributed by atoms with Crippen LogP contribution in [-0.2, 0) is 18.3 Å². The van der Waals surface area contributed by atoms with Gasteiger partial charge in [-0.15, -0.1) is 0 Å². The number of carbonyl (C=O) groups excluding carboxylic acids is 1. The summed E-state index contributed by atoms with van der Waals surface area (Å²) in [5, 5.41) is 11.0. The monoisotopic (exact) mass is 353 g/mol. The molecular weight excluding hydrogens is 326 g/mol. The smallest absolute Gasteiger partial charge is 0.225 e. The van der Waals surface area contributed by atoms with Crippen molar-refractivity contribution >= 4 is 16.8 Å². The van der Waals surface area contributed by atoms with E-state index in [2.05, 4.69) is 34.9 Å². The Labute approximate surface area is 154 Å². The third-order valence-electron chi connectivity index (χ3n) is 6.85. The van der Waals surface area contributed by atoms with Crippen molar-refractivity contribution in [1.29, 1.82) is 0 Å². The fourth-order valence-corrected chi connectivity index (χ4v) is 5.53. The molecule has 2 saturated carbocycles. The Bertz CT molecular complexity index is 863. The van der Waals surface area contributed by atoms with E-state index >= 15 is 0 Å². The molecule has 1 amide bonds. The van der Waals surface area contributed by atoms with Crippen LogP contribution in [0.5, 0.6) is 0 Å². The summed E-state index contributed by atoms with van der Waals surface area (Å²) >= 11 is 0. The summed E-state index contributed by atoms with van der Waals surface area (Å²) in [6.45, 7) is 3.67. The molecule has 3 heterocycles. The zero-order valence-electron chi connectivity index (χ0n) is 15.6. The number of hydrogen-bond acceptors (Lipinski definition) is 3. The maximum atomic E-state index is 12.4. The summed E-state index contributed by atoms with van der Waals surface area (Å²) in [6.07, 6.45) is 8.79. The van der Waals surface area contributed by atoms with Crippen LogP contribution in [0.3, 0.4) is 0 Å². The van der Waals surface area contributed by atoms with Crippen molar-refractivity contribution in [1.82, 2.24) is 14.5 Å². The van der Waals surface area contributed by atoms with E-state index in [1.54, 1.807) is 0 Å². The minimum absolute atomic E-state index is 0.0550.